The zero-order valence-electron chi connectivity index (χ0n) is 14.3. The Morgan fingerprint density at radius 3 is 2.52 bits per heavy atom. The van der Waals surface area contributed by atoms with Crippen molar-refractivity contribution in [2.75, 3.05) is 5.32 Å². The van der Waals surface area contributed by atoms with E-state index in [-0.39, 0.29) is 12.3 Å². The van der Waals surface area contributed by atoms with Crippen molar-refractivity contribution < 1.29 is 4.79 Å². The van der Waals surface area contributed by atoms with E-state index in [1.54, 1.807) is 11.8 Å². The van der Waals surface area contributed by atoms with E-state index in [1.165, 1.54) is 11.1 Å². The van der Waals surface area contributed by atoms with Crippen LogP contribution < -0.4 is 5.32 Å². The van der Waals surface area contributed by atoms with Crippen molar-refractivity contribution in [3.05, 3.63) is 71.5 Å². The number of para-hydroxylation sites is 1. The Balaban J connectivity index is 1.58. The first kappa shape index (κ1) is 17.2. The molecule has 0 saturated heterocycles. The number of aromatic nitrogens is 3. The molecule has 128 valence electrons. The molecule has 3 aromatic rings. The van der Waals surface area contributed by atoms with Gasteiger partial charge in [-0.05, 0) is 24.6 Å². The van der Waals surface area contributed by atoms with Crippen LogP contribution in [0.4, 0.5) is 5.69 Å². The van der Waals surface area contributed by atoms with Gasteiger partial charge in [-0.25, -0.2) is 0 Å². The van der Waals surface area contributed by atoms with Gasteiger partial charge >= 0.3 is 0 Å². The molecule has 0 atom stereocenters. The second kappa shape index (κ2) is 7.98. The van der Waals surface area contributed by atoms with Gasteiger partial charge in [-0.1, -0.05) is 59.8 Å². The van der Waals surface area contributed by atoms with E-state index in [0.717, 1.165) is 16.6 Å². The molecule has 0 unspecified atom stereocenters. The summed E-state index contributed by atoms with van der Waals surface area (Å²) in [5.74, 6) is 1.37. The fourth-order valence-electron chi connectivity index (χ4n) is 2.33. The van der Waals surface area contributed by atoms with Crippen LogP contribution in [0, 0.1) is 6.92 Å². The smallest absolute Gasteiger partial charge is 0.232 e. The molecule has 1 N–H and O–H groups in total. The van der Waals surface area contributed by atoms with E-state index in [0.29, 0.717) is 5.82 Å². The highest BCUT2D eigenvalue weighted by atomic mass is 32.2. The summed E-state index contributed by atoms with van der Waals surface area (Å²) >= 11 is 1.62. The lowest BCUT2D eigenvalue weighted by Gasteiger charge is -2.06. The van der Waals surface area contributed by atoms with Gasteiger partial charge in [0, 0.05) is 18.5 Å². The molecule has 2 aromatic carbocycles. The summed E-state index contributed by atoms with van der Waals surface area (Å²) in [6, 6.07) is 17.8. The number of carbonyl (C=O) groups excluding carboxylic acids is 1. The van der Waals surface area contributed by atoms with Gasteiger partial charge in [-0.2, -0.15) is 0 Å². The molecule has 1 amide bonds. The first-order valence-corrected chi connectivity index (χ1v) is 9.02. The Kier molecular flexibility index (Phi) is 5.50. The Morgan fingerprint density at radius 2 is 1.80 bits per heavy atom. The van der Waals surface area contributed by atoms with Crippen LogP contribution in [0.5, 0.6) is 0 Å². The fourth-order valence-corrected chi connectivity index (χ4v) is 3.21. The topological polar surface area (TPSA) is 59.8 Å². The van der Waals surface area contributed by atoms with Gasteiger partial charge in [-0.3, -0.25) is 4.79 Å². The highest BCUT2D eigenvalue weighted by molar-refractivity contribution is 7.98. The van der Waals surface area contributed by atoms with Crippen LogP contribution in [0.2, 0.25) is 0 Å². The minimum atomic E-state index is -0.100. The second-order valence-corrected chi connectivity index (χ2v) is 6.77. The molecule has 0 fully saturated rings. The maximum absolute atomic E-state index is 12.2. The van der Waals surface area contributed by atoms with E-state index in [9.17, 15) is 4.79 Å². The molecule has 1 heterocycles. The van der Waals surface area contributed by atoms with Crippen LogP contribution in [-0.2, 0) is 24.0 Å². The van der Waals surface area contributed by atoms with E-state index in [2.05, 4.69) is 46.7 Å². The lowest BCUT2D eigenvalue weighted by atomic mass is 10.2. The third kappa shape index (κ3) is 4.70. The Morgan fingerprint density at radius 1 is 1.08 bits per heavy atom. The van der Waals surface area contributed by atoms with Crippen LogP contribution >= 0.6 is 11.8 Å². The maximum atomic E-state index is 12.2. The zero-order valence-corrected chi connectivity index (χ0v) is 15.1. The van der Waals surface area contributed by atoms with Crippen LogP contribution in [0.3, 0.4) is 0 Å². The molecule has 0 aliphatic rings. The van der Waals surface area contributed by atoms with Crippen LogP contribution in [0.1, 0.15) is 17.0 Å². The van der Waals surface area contributed by atoms with E-state index < -0.39 is 0 Å². The number of benzene rings is 2. The number of hydrogen-bond donors (Lipinski definition) is 1. The lowest BCUT2D eigenvalue weighted by molar-refractivity contribution is -0.115. The molecule has 1 aromatic heterocycles. The van der Waals surface area contributed by atoms with Gasteiger partial charge in [-0.15, -0.1) is 10.2 Å². The number of rotatable bonds is 6. The third-order valence-electron chi connectivity index (χ3n) is 3.79. The number of nitrogens with zero attached hydrogens (tertiary/aromatic N) is 3. The van der Waals surface area contributed by atoms with Crippen molar-refractivity contribution >= 4 is 23.4 Å². The monoisotopic (exact) mass is 352 g/mol. The summed E-state index contributed by atoms with van der Waals surface area (Å²) in [6.45, 7) is 2.08. The van der Waals surface area contributed by atoms with Crippen molar-refractivity contribution in [1.82, 2.24) is 14.8 Å². The summed E-state index contributed by atoms with van der Waals surface area (Å²) in [7, 11) is 1.89. The lowest BCUT2D eigenvalue weighted by Crippen LogP contribution is -2.16. The second-order valence-electron chi connectivity index (χ2n) is 5.82. The molecular formula is C19H20N4OS. The van der Waals surface area contributed by atoms with Gasteiger partial charge < -0.3 is 9.88 Å². The third-order valence-corrected chi connectivity index (χ3v) is 4.88. The number of nitrogens with one attached hydrogen (secondary N) is 1. The van der Waals surface area contributed by atoms with E-state index in [4.69, 9.17) is 0 Å². The average molecular weight is 352 g/mol. The summed E-state index contributed by atoms with van der Waals surface area (Å²) < 4.78 is 1.88. The fraction of sp³-hybridized carbons (Fsp3) is 0.211. The molecule has 0 saturated carbocycles. The van der Waals surface area contributed by atoms with Gasteiger partial charge in [0.1, 0.15) is 5.82 Å². The van der Waals surface area contributed by atoms with Crippen LogP contribution in [0.25, 0.3) is 0 Å². The first-order chi connectivity index (χ1) is 12.1. The van der Waals surface area contributed by atoms with Gasteiger partial charge in [0.05, 0.1) is 6.42 Å². The van der Waals surface area contributed by atoms with Gasteiger partial charge in [0.25, 0.3) is 0 Å². The highest BCUT2D eigenvalue weighted by Gasteiger charge is 2.13. The minimum absolute atomic E-state index is 0.100. The number of amides is 1. The molecule has 0 spiro atoms. The number of carbonyl (C=O) groups is 1. The molecule has 3 rings (SSSR count). The van der Waals surface area contributed by atoms with Crippen molar-refractivity contribution in [3.8, 4) is 0 Å². The van der Waals surface area contributed by atoms with Crippen molar-refractivity contribution in [1.29, 1.82) is 0 Å². The summed E-state index contributed by atoms with van der Waals surface area (Å²) in [4.78, 5) is 12.2. The van der Waals surface area contributed by atoms with E-state index >= 15 is 0 Å². The van der Waals surface area contributed by atoms with Crippen molar-refractivity contribution in [2.24, 2.45) is 7.05 Å². The standard InChI is InChI=1S/C19H20N4OS/c1-14-8-10-15(11-9-14)13-25-19-22-21-17(23(19)2)12-18(24)20-16-6-4-3-5-7-16/h3-11H,12-13H2,1-2H3,(H,20,24). The number of anilines is 1. The maximum Gasteiger partial charge on any atom is 0.232 e. The SMILES string of the molecule is Cc1ccc(CSc2nnc(CC(=O)Nc3ccccc3)n2C)cc1. The summed E-state index contributed by atoms with van der Waals surface area (Å²) in [6.07, 6.45) is 0.198. The molecule has 6 heteroatoms. The molecule has 0 aliphatic carbocycles. The van der Waals surface area contributed by atoms with Gasteiger partial charge in [0.2, 0.25) is 5.91 Å². The molecule has 5 nitrogen and oxygen atoms in total. The normalized spacial score (nSPS) is 10.6. The average Bonchev–Trinajstić information content (AvgIpc) is 2.95. The van der Waals surface area contributed by atoms with Crippen LogP contribution in [0.15, 0.2) is 59.8 Å². The summed E-state index contributed by atoms with van der Waals surface area (Å²) in [5, 5.41) is 12.0. The molecular weight excluding hydrogens is 332 g/mol. The largest absolute Gasteiger partial charge is 0.326 e. The van der Waals surface area contributed by atoms with Crippen molar-refractivity contribution in [3.63, 3.8) is 0 Å². The number of hydrogen-bond acceptors (Lipinski definition) is 4. The minimum Gasteiger partial charge on any atom is -0.326 e. The van der Waals surface area contributed by atoms with Gasteiger partial charge in [0.15, 0.2) is 5.16 Å². The van der Waals surface area contributed by atoms with Crippen molar-refractivity contribution in [2.45, 2.75) is 24.3 Å². The Hall–Kier alpha value is -2.60. The van der Waals surface area contributed by atoms with Crippen LogP contribution in [-0.4, -0.2) is 20.7 Å². The first-order valence-electron chi connectivity index (χ1n) is 8.03. The zero-order chi connectivity index (χ0) is 17.6. The predicted molar refractivity (Wildman–Crippen MR) is 101 cm³/mol. The number of thioether (sulfide) groups is 1. The highest BCUT2D eigenvalue weighted by Crippen LogP contribution is 2.21. The van der Waals surface area contributed by atoms with E-state index in [1.807, 2.05) is 41.9 Å². The molecule has 0 radical (unpaired) electrons. The summed E-state index contributed by atoms with van der Waals surface area (Å²) in [5.41, 5.74) is 3.27. The Bertz CT molecular complexity index is 844. The molecule has 25 heavy (non-hydrogen) atoms. The molecule has 0 aliphatic heterocycles. The molecule has 0 bridgehead atoms. The number of aryl methyl sites for hydroxylation is 1. The Labute approximate surface area is 151 Å². The quantitative estimate of drug-likeness (QED) is 0.689. The predicted octanol–water partition coefficient (Wildman–Crippen LogP) is 3.60.